The molecule has 0 bridgehead atoms. The molecule has 6 heteroatoms. The normalized spacial score (nSPS) is 15.0. The molecule has 6 aromatic rings. The van der Waals surface area contributed by atoms with Crippen molar-refractivity contribution in [2.45, 2.75) is 72.1 Å². The van der Waals surface area contributed by atoms with E-state index in [1.54, 1.807) is 0 Å². The molecule has 8 rings (SSSR count). The van der Waals surface area contributed by atoms with Crippen molar-refractivity contribution in [2.24, 2.45) is 4.99 Å². The first kappa shape index (κ1) is 39.0. The molecule has 0 saturated heterocycles. The molecule has 1 aliphatic heterocycles. The Balaban J connectivity index is 0.000000733. The van der Waals surface area contributed by atoms with Crippen molar-refractivity contribution in [3.05, 3.63) is 206 Å². The van der Waals surface area contributed by atoms with Gasteiger partial charge in [0.25, 0.3) is 0 Å². The SMILES string of the molecule is Cc1cc(Cl)c2c(c1)Cc1cc(-c3ccc(C(C)(C)C)cc3)n(B(F)F)c1/C2=C1\N=C(c2ccc(C(C)(C)C)cc2)C=C1Cc1ccccc1.c1ccccc1. The Labute approximate surface area is 336 Å². The number of aromatic nitrogens is 1. The third kappa shape index (κ3) is 8.15. The van der Waals surface area contributed by atoms with Gasteiger partial charge in [-0.3, -0.25) is 8.63 Å². The van der Waals surface area contributed by atoms with Gasteiger partial charge in [0.2, 0.25) is 0 Å². The maximum absolute atomic E-state index is 15.6. The third-order valence-corrected chi connectivity index (χ3v) is 10.9. The molecule has 0 N–H and O–H groups in total. The van der Waals surface area contributed by atoms with E-state index in [1.807, 2.05) is 97.9 Å². The second-order valence-electron chi connectivity index (χ2n) is 16.9. The number of hydrogen-bond donors (Lipinski definition) is 0. The molecule has 0 unspecified atom stereocenters. The summed E-state index contributed by atoms with van der Waals surface area (Å²) in [5.41, 5.74) is 12.9. The van der Waals surface area contributed by atoms with Gasteiger partial charge in [0.1, 0.15) is 0 Å². The molecule has 0 amide bonds. The summed E-state index contributed by atoms with van der Waals surface area (Å²) in [5.74, 6) is 0. The van der Waals surface area contributed by atoms with Gasteiger partial charge in [0.05, 0.1) is 11.4 Å². The van der Waals surface area contributed by atoms with Crippen molar-refractivity contribution in [3.63, 3.8) is 0 Å². The summed E-state index contributed by atoms with van der Waals surface area (Å²) in [5, 5.41) is 0.545. The fraction of sp³-hybridized carbons (Fsp3) is 0.220. The Morgan fingerprint density at radius 3 is 1.75 bits per heavy atom. The zero-order valence-electron chi connectivity index (χ0n) is 33.3. The first-order valence-electron chi connectivity index (χ1n) is 19.3. The minimum Gasteiger partial charge on any atom is -0.324 e. The average Bonchev–Trinajstić information content (AvgIpc) is 3.76. The summed E-state index contributed by atoms with van der Waals surface area (Å²) in [4.78, 5) is 5.32. The highest BCUT2D eigenvalue weighted by Gasteiger charge is 2.37. The molecule has 56 heavy (non-hydrogen) atoms. The number of allylic oxidation sites excluding steroid dienone is 2. The van der Waals surface area contributed by atoms with Gasteiger partial charge in [-0.25, -0.2) is 4.99 Å². The lowest BCUT2D eigenvalue weighted by Crippen LogP contribution is -2.21. The molecule has 282 valence electrons. The van der Waals surface area contributed by atoms with E-state index in [2.05, 4.69) is 90.1 Å². The maximum atomic E-state index is 15.6. The zero-order chi connectivity index (χ0) is 39.8. The lowest BCUT2D eigenvalue weighted by molar-refractivity contribution is 0.590. The van der Waals surface area contributed by atoms with E-state index in [0.29, 0.717) is 40.5 Å². The number of aryl methyl sites for hydroxylation is 1. The monoisotopic (exact) mass is 760 g/mol. The molecule has 0 spiro atoms. The van der Waals surface area contributed by atoms with Crippen molar-refractivity contribution in [1.82, 2.24) is 4.48 Å². The molecule has 1 aliphatic carbocycles. The molecular formula is C50H48BClF2N2. The fourth-order valence-electron chi connectivity index (χ4n) is 7.65. The van der Waals surface area contributed by atoms with E-state index in [9.17, 15) is 0 Å². The van der Waals surface area contributed by atoms with Crippen LogP contribution in [-0.2, 0) is 23.7 Å². The van der Waals surface area contributed by atoms with Crippen LogP contribution >= 0.6 is 11.6 Å². The smallest absolute Gasteiger partial charge is 0.324 e. The minimum absolute atomic E-state index is 0.0139. The first-order chi connectivity index (χ1) is 26.7. The molecular weight excluding hydrogens is 713 g/mol. The van der Waals surface area contributed by atoms with Crippen LogP contribution in [0.5, 0.6) is 0 Å². The van der Waals surface area contributed by atoms with Crippen LogP contribution in [0, 0.1) is 6.92 Å². The standard InChI is InChI=1S/C44H42BClF2N2.C6H6/c1-27-21-31-24-33-26-38(30-15-19-35(20-16-30)44(5,6)7)50(45(47)48)42(33)40(39(31)36(46)22-27)41-32(23-28-11-9-8-10-12-28)25-37(49-41)29-13-17-34(18-14-29)43(2,3)4;1-2-4-6-5-3-1/h8-22,25-26H,23-24H2,1-7H3;1-6H/b41-40-;. The Kier molecular flexibility index (Phi) is 10.9. The summed E-state index contributed by atoms with van der Waals surface area (Å²) in [6.45, 7) is 15.1. The highest BCUT2D eigenvalue weighted by molar-refractivity contribution is 6.42. The first-order valence-corrected chi connectivity index (χ1v) is 19.7. The molecule has 2 nitrogen and oxygen atoms in total. The van der Waals surface area contributed by atoms with Crippen LogP contribution in [0.25, 0.3) is 16.8 Å². The number of hydrogen-bond acceptors (Lipinski definition) is 1. The van der Waals surface area contributed by atoms with Crippen molar-refractivity contribution >= 4 is 30.3 Å². The van der Waals surface area contributed by atoms with Gasteiger partial charge in [-0.05, 0) is 86.9 Å². The number of halogens is 3. The molecule has 0 fully saturated rings. The van der Waals surface area contributed by atoms with Gasteiger partial charge in [0, 0.05) is 39.5 Å². The number of rotatable bonds is 5. The van der Waals surface area contributed by atoms with Crippen LogP contribution in [0.15, 0.2) is 156 Å². The second-order valence-corrected chi connectivity index (χ2v) is 17.3. The van der Waals surface area contributed by atoms with Crippen LogP contribution in [0.4, 0.5) is 8.63 Å². The molecule has 0 saturated carbocycles. The average molecular weight is 761 g/mol. The van der Waals surface area contributed by atoms with Crippen LogP contribution in [0.2, 0.25) is 5.02 Å². The van der Waals surface area contributed by atoms with Gasteiger partial charge in [-0.1, -0.05) is 174 Å². The van der Waals surface area contributed by atoms with Gasteiger partial charge >= 0.3 is 7.40 Å². The number of benzene rings is 5. The van der Waals surface area contributed by atoms with Gasteiger partial charge in [-0.2, -0.15) is 0 Å². The quantitative estimate of drug-likeness (QED) is 0.156. The van der Waals surface area contributed by atoms with Crippen molar-refractivity contribution in [1.29, 1.82) is 0 Å². The second kappa shape index (κ2) is 15.7. The minimum atomic E-state index is -2.78. The zero-order valence-corrected chi connectivity index (χ0v) is 34.1. The van der Waals surface area contributed by atoms with E-state index in [1.165, 1.54) is 10.0 Å². The molecule has 2 heterocycles. The van der Waals surface area contributed by atoms with Gasteiger partial charge < -0.3 is 4.48 Å². The number of aliphatic imine (C=N–C) groups is 1. The third-order valence-electron chi connectivity index (χ3n) is 10.6. The fourth-order valence-corrected chi connectivity index (χ4v) is 8.03. The van der Waals surface area contributed by atoms with Crippen molar-refractivity contribution in [3.8, 4) is 11.3 Å². The largest absolute Gasteiger partial charge is 0.678 e. The van der Waals surface area contributed by atoms with Crippen LogP contribution in [0.1, 0.15) is 91.7 Å². The topological polar surface area (TPSA) is 17.3 Å². The summed E-state index contributed by atoms with van der Waals surface area (Å²) >= 11 is 7.13. The summed E-state index contributed by atoms with van der Waals surface area (Å²) < 4.78 is 32.4. The van der Waals surface area contributed by atoms with Crippen LogP contribution in [-0.4, -0.2) is 17.6 Å². The Morgan fingerprint density at radius 1 is 0.679 bits per heavy atom. The maximum Gasteiger partial charge on any atom is 0.678 e. The summed E-state index contributed by atoms with van der Waals surface area (Å²) in [7, 11) is -2.78. The highest BCUT2D eigenvalue weighted by atomic mass is 35.5. The number of fused-ring (bicyclic) bond motifs is 2. The highest BCUT2D eigenvalue weighted by Crippen LogP contribution is 2.48. The molecule has 2 aliphatic rings. The molecule has 5 aromatic carbocycles. The molecule has 1 aromatic heterocycles. The lowest BCUT2D eigenvalue weighted by Gasteiger charge is -2.26. The van der Waals surface area contributed by atoms with Crippen molar-refractivity contribution < 1.29 is 8.63 Å². The lowest BCUT2D eigenvalue weighted by atomic mass is 9.82. The molecule has 0 radical (unpaired) electrons. The van der Waals surface area contributed by atoms with Crippen LogP contribution < -0.4 is 0 Å². The van der Waals surface area contributed by atoms with Gasteiger partial charge in [-0.15, -0.1) is 0 Å². The Hall–Kier alpha value is -5.26. The van der Waals surface area contributed by atoms with Crippen LogP contribution in [0.3, 0.4) is 0 Å². The van der Waals surface area contributed by atoms with E-state index >= 15 is 8.63 Å². The number of nitrogens with zero attached hydrogens (tertiary/aromatic N) is 2. The van der Waals surface area contributed by atoms with Gasteiger partial charge in [0.15, 0.2) is 0 Å². The van der Waals surface area contributed by atoms with Crippen molar-refractivity contribution in [2.75, 3.05) is 0 Å². The Morgan fingerprint density at radius 2 is 1.21 bits per heavy atom. The van der Waals surface area contributed by atoms with E-state index in [0.717, 1.165) is 55.8 Å². The summed E-state index contributed by atoms with van der Waals surface area (Å²) in [6.07, 6.45) is 3.22. The van der Waals surface area contributed by atoms with E-state index in [4.69, 9.17) is 16.6 Å². The van der Waals surface area contributed by atoms with E-state index in [-0.39, 0.29) is 10.8 Å². The predicted molar refractivity (Wildman–Crippen MR) is 233 cm³/mol. The summed E-state index contributed by atoms with van der Waals surface area (Å²) in [6, 6.07) is 44.8. The van der Waals surface area contributed by atoms with E-state index < -0.39 is 7.40 Å². The molecule has 0 atom stereocenters. The Bertz CT molecular complexity index is 2420. The predicted octanol–water partition coefficient (Wildman–Crippen LogP) is 13.5.